The molecule has 0 saturated heterocycles. The van der Waals surface area contributed by atoms with Gasteiger partial charge in [-0.25, -0.2) is 0 Å². The Morgan fingerprint density at radius 3 is 2.38 bits per heavy atom. The zero-order valence-electron chi connectivity index (χ0n) is 7.22. The average Bonchev–Trinajstić information content (AvgIpc) is 1.98. The number of halogens is 3. The van der Waals surface area contributed by atoms with Crippen molar-refractivity contribution in [3.63, 3.8) is 0 Å². The van der Waals surface area contributed by atoms with Crippen LogP contribution in [-0.2, 0) is 4.79 Å². The molecular formula is C7H9F3N2O. The minimum atomic E-state index is -4.42. The predicted molar refractivity (Wildman–Crippen MR) is 38.5 cm³/mol. The summed E-state index contributed by atoms with van der Waals surface area (Å²) in [7, 11) is 1.02. The van der Waals surface area contributed by atoms with E-state index in [0.29, 0.717) is 4.90 Å². The van der Waals surface area contributed by atoms with E-state index in [4.69, 9.17) is 5.26 Å². The molecule has 0 heterocycles. The largest absolute Gasteiger partial charge is 0.406 e. The quantitative estimate of drug-likeness (QED) is 0.662. The van der Waals surface area contributed by atoms with Crippen LogP contribution in [0.1, 0.15) is 6.92 Å². The molecule has 0 aliphatic heterocycles. The Bertz CT molecular complexity index is 231. The van der Waals surface area contributed by atoms with Gasteiger partial charge in [0.1, 0.15) is 12.5 Å². The van der Waals surface area contributed by atoms with Gasteiger partial charge in [0.25, 0.3) is 0 Å². The number of nitriles is 1. The summed E-state index contributed by atoms with van der Waals surface area (Å²) >= 11 is 0. The lowest BCUT2D eigenvalue weighted by atomic mass is 10.2. The summed E-state index contributed by atoms with van der Waals surface area (Å²) < 4.78 is 35.3. The second-order valence-electron chi connectivity index (χ2n) is 2.66. The van der Waals surface area contributed by atoms with Crippen LogP contribution in [-0.4, -0.2) is 30.6 Å². The Morgan fingerprint density at radius 2 is 2.08 bits per heavy atom. The third kappa shape index (κ3) is 4.35. The van der Waals surface area contributed by atoms with Gasteiger partial charge in [0.05, 0.1) is 6.07 Å². The molecule has 0 aliphatic carbocycles. The molecule has 0 aromatic heterocycles. The number of hydrogen-bond donors (Lipinski definition) is 0. The highest BCUT2D eigenvalue weighted by Crippen LogP contribution is 2.16. The second kappa shape index (κ2) is 4.12. The highest BCUT2D eigenvalue weighted by atomic mass is 19.4. The van der Waals surface area contributed by atoms with Crippen LogP contribution in [0.15, 0.2) is 0 Å². The lowest BCUT2D eigenvalue weighted by Crippen LogP contribution is -2.38. The molecule has 1 atom stereocenters. The Morgan fingerprint density at radius 1 is 1.62 bits per heavy atom. The minimum absolute atomic E-state index is 0.494. The maximum Gasteiger partial charge on any atom is 0.406 e. The van der Waals surface area contributed by atoms with Crippen molar-refractivity contribution in [1.29, 1.82) is 5.26 Å². The van der Waals surface area contributed by atoms with E-state index < -0.39 is 24.5 Å². The van der Waals surface area contributed by atoms with Crippen molar-refractivity contribution in [1.82, 2.24) is 4.90 Å². The molecule has 0 aromatic rings. The van der Waals surface area contributed by atoms with Gasteiger partial charge in [0.2, 0.25) is 5.91 Å². The third-order valence-corrected chi connectivity index (χ3v) is 1.36. The van der Waals surface area contributed by atoms with Gasteiger partial charge in [0, 0.05) is 7.05 Å². The molecular weight excluding hydrogens is 185 g/mol. The van der Waals surface area contributed by atoms with Gasteiger partial charge in [0.15, 0.2) is 0 Å². The van der Waals surface area contributed by atoms with Gasteiger partial charge < -0.3 is 4.90 Å². The Kier molecular flexibility index (Phi) is 3.72. The first-order valence-corrected chi connectivity index (χ1v) is 3.49. The normalized spacial score (nSPS) is 13.2. The van der Waals surface area contributed by atoms with E-state index in [9.17, 15) is 18.0 Å². The number of amides is 1. The number of carbonyl (C=O) groups excluding carboxylic acids is 1. The fourth-order valence-corrected chi connectivity index (χ4v) is 0.733. The molecule has 0 bridgehead atoms. The Balaban J connectivity index is 4.22. The first kappa shape index (κ1) is 11.8. The SMILES string of the molecule is CC(C#N)C(=O)N(C)CC(F)(F)F. The topological polar surface area (TPSA) is 44.1 Å². The fourth-order valence-electron chi connectivity index (χ4n) is 0.733. The van der Waals surface area contributed by atoms with Crippen LogP contribution in [0.25, 0.3) is 0 Å². The third-order valence-electron chi connectivity index (χ3n) is 1.36. The molecule has 74 valence electrons. The van der Waals surface area contributed by atoms with E-state index in [1.54, 1.807) is 6.07 Å². The molecule has 0 aromatic carbocycles. The molecule has 0 aliphatic rings. The van der Waals surface area contributed by atoms with Crippen LogP contribution >= 0.6 is 0 Å². The van der Waals surface area contributed by atoms with Crippen molar-refractivity contribution >= 4 is 5.91 Å². The van der Waals surface area contributed by atoms with Crippen molar-refractivity contribution in [2.75, 3.05) is 13.6 Å². The molecule has 3 nitrogen and oxygen atoms in total. The highest BCUT2D eigenvalue weighted by Gasteiger charge is 2.32. The predicted octanol–water partition coefficient (Wildman–Crippen LogP) is 1.17. The monoisotopic (exact) mass is 194 g/mol. The smallest absolute Gasteiger partial charge is 0.336 e. The molecule has 1 unspecified atom stereocenters. The van der Waals surface area contributed by atoms with E-state index in [2.05, 4.69) is 0 Å². The maximum atomic E-state index is 11.8. The van der Waals surface area contributed by atoms with Crippen molar-refractivity contribution in [2.45, 2.75) is 13.1 Å². The number of nitrogens with zero attached hydrogens (tertiary/aromatic N) is 2. The zero-order valence-corrected chi connectivity index (χ0v) is 7.22. The lowest BCUT2D eigenvalue weighted by molar-refractivity contribution is -0.159. The van der Waals surface area contributed by atoms with E-state index in [1.807, 2.05) is 0 Å². The van der Waals surface area contributed by atoms with Crippen molar-refractivity contribution in [3.05, 3.63) is 0 Å². The van der Waals surface area contributed by atoms with Crippen LogP contribution in [0.3, 0.4) is 0 Å². The van der Waals surface area contributed by atoms with E-state index in [0.717, 1.165) is 7.05 Å². The summed E-state index contributed by atoms with van der Waals surface area (Å²) in [6.45, 7) is -0.0624. The standard InChI is InChI=1S/C7H9F3N2O/c1-5(3-11)6(13)12(2)4-7(8,9)10/h5H,4H2,1-2H3. The molecule has 0 saturated carbocycles. The second-order valence-corrected chi connectivity index (χ2v) is 2.66. The molecule has 0 radical (unpaired) electrons. The van der Waals surface area contributed by atoms with Gasteiger partial charge >= 0.3 is 6.18 Å². The molecule has 0 rings (SSSR count). The summed E-state index contributed by atoms with van der Waals surface area (Å²) in [5.41, 5.74) is 0. The van der Waals surface area contributed by atoms with E-state index in [-0.39, 0.29) is 0 Å². The van der Waals surface area contributed by atoms with Crippen LogP contribution in [0, 0.1) is 17.2 Å². The molecule has 0 spiro atoms. The van der Waals surface area contributed by atoms with Crippen LogP contribution in [0.4, 0.5) is 13.2 Å². The van der Waals surface area contributed by atoms with Crippen LogP contribution < -0.4 is 0 Å². The van der Waals surface area contributed by atoms with Gasteiger partial charge in [-0.2, -0.15) is 18.4 Å². The Hall–Kier alpha value is -1.25. The molecule has 6 heteroatoms. The molecule has 0 N–H and O–H groups in total. The number of alkyl halides is 3. The van der Waals surface area contributed by atoms with E-state index >= 15 is 0 Å². The average molecular weight is 194 g/mol. The van der Waals surface area contributed by atoms with Gasteiger partial charge in [-0.15, -0.1) is 0 Å². The Labute approximate surface area is 73.7 Å². The number of rotatable bonds is 2. The van der Waals surface area contributed by atoms with Crippen molar-refractivity contribution in [2.24, 2.45) is 5.92 Å². The number of carbonyl (C=O) groups is 1. The molecule has 1 amide bonds. The first-order valence-electron chi connectivity index (χ1n) is 3.49. The minimum Gasteiger partial charge on any atom is -0.336 e. The van der Waals surface area contributed by atoms with Crippen LogP contribution in [0.5, 0.6) is 0 Å². The first-order chi connectivity index (χ1) is 5.78. The fraction of sp³-hybridized carbons (Fsp3) is 0.714. The highest BCUT2D eigenvalue weighted by molar-refractivity contribution is 5.80. The summed E-state index contributed by atoms with van der Waals surface area (Å²) in [6.07, 6.45) is -4.42. The van der Waals surface area contributed by atoms with Crippen LogP contribution in [0.2, 0.25) is 0 Å². The summed E-state index contributed by atoms with van der Waals surface area (Å²) in [6, 6.07) is 1.57. The lowest BCUT2D eigenvalue weighted by Gasteiger charge is -2.19. The maximum absolute atomic E-state index is 11.8. The van der Waals surface area contributed by atoms with Crippen molar-refractivity contribution < 1.29 is 18.0 Å². The molecule has 13 heavy (non-hydrogen) atoms. The van der Waals surface area contributed by atoms with Gasteiger partial charge in [-0.05, 0) is 6.92 Å². The van der Waals surface area contributed by atoms with Gasteiger partial charge in [-0.3, -0.25) is 4.79 Å². The molecule has 0 fully saturated rings. The van der Waals surface area contributed by atoms with Gasteiger partial charge in [-0.1, -0.05) is 0 Å². The van der Waals surface area contributed by atoms with Crippen molar-refractivity contribution in [3.8, 4) is 6.07 Å². The summed E-state index contributed by atoms with van der Waals surface area (Å²) in [5.74, 6) is -1.85. The summed E-state index contributed by atoms with van der Waals surface area (Å²) in [5, 5.41) is 8.27. The number of hydrogen-bond acceptors (Lipinski definition) is 2. The van der Waals surface area contributed by atoms with E-state index in [1.165, 1.54) is 6.92 Å². The summed E-state index contributed by atoms with van der Waals surface area (Å²) in [4.78, 5) is 11.4. The zero-order chi connectivity index (χ0) is 10.6.